The lowest BCUT2D eigenvalue weighted by Gasteiger charge is -2.02. The van der Waals surface area contributed by atoms with E-state index in [0.29, 0.717) is 0 Å². The Morgan fingerprint density at radius 2 is 2.05 bits per heavy atom. The third-order valence-corrected chi connectivity index (χ3v) is 4.45. The molecule has 20 heavy (non-hydrogen) atoms. The quantitative estimate of drug-likeness (QED) is 0.766. The minimum absolute atomic E-state index is 0. The fourth-order valence-corrected chi connectivity index (χ4v) is 3.21. The van der Waals surface area contributed by atoms with Gasteiger partial charge in [-0.1, -0.05) is 23.5 Å². The first kappa shape index (κ1) is 17.1. The molecule has 0 spiro atoms. The normalized spacial score (nSPS) is 13.2. The monoisotopic (exact) mass is 331 g/mol. The van der Waals surface area contributed by atoms with Gasteiger partial charge >= 0.3 is 0 Å². The Morgan fingerprint density at radius 3 is 2.80 bits per heavy atom. The molecule has 0 saturated heterocycles. The van der Waals surface area contributed by atoms with Crippen molar-refractivity contribution in [2.75, 3.05) is 17.6 Å². The maximum Gasteiger partial charge on any atom is 0.125 e. The number of thiazole rings is 1. The van der Waals surface area contributed by atoms with Gasteiger partial charge in [0.1, 0.15) is 10.0 Å². The number of nitrogens with one attached hydrogen (secondary N) is 1. The van der Waals surface area contributed by atoms with Crippen LogP contribution in [0, 0.1) is 6.92 Å². The zero-order chi connectivity index (χ0) is 12.5. The summed E-state index contributed by atoms with van der Waals surface area (Å²) in [7, 11) is 0. The molecule has 6 heteroatoms. The smallest absolute Gasteiger partial charge is 0.125 e. The average Bonchev–Trinajstić information content (AvgIpc) is 2.64. The summed E-state index contributed by atoms with van der Waals surface area (Å²) in [6.45, 7) is 3.09. The van der Waals surface area contributed by atoms with Crippen LogP contribution in [0.5, 0.6) is 0 Å². The molecular formula is C14H19Cl2N3S. The van der Waals surface area contributed by atoms with E-state index in [2.05, 4.69) is 17.4 Å². The van der Waals surface area contributed by atoms with Gasteiger partial charge in [-0.05, 0) is 37.8 Å². The number of fused-ring (bicyclic) bond motifs is 1. The van der Waals surface area contributed by atoms with Crippen molar-refractivity contribution in [3.8, 4) is 10.6 Å². The van der Waals surface area contributed by atoms with E-state index in [4.69, 9.17) is 10.7 Å². The highest BCUT2D eigenvalue weighted by Crippen LogP contribution is 2.35. The Hall–Kier alpha value is -0.970. The zero-order valence-electron chi connectivity index (χ0n) is 11.3. The number of nitrogens with zero attached hydrogens (tertiary/aromatic N) is 1. The molecule has 1 aromatic carbocycles. The van der Waals surface area contributed by atoms with Crippen molar-refractivity contribution in [3.05, 3.63) is 29.5 Å². The number of rotatable bonds is 1. The standard InChI is InChI=1S/C14H17N3S.2ClH/c1-9-5-6-10(8-11(9)15)13-17-12-4-2-3-7-16-14(12)18-13;;/h5-6,8,16H,2-4,7,15H2,1H3;2*1H. The number of nitrogens with two attached hydrogens (primary N) is 1. The summed E-state index contributed by atoms with van der Waals surface area (Å²) < 4.78 is 0. The van der Waals surface area contributed by atoms with E-state index in [0.717, 1.165) is 34.8 Å². The summed E-state index contributed by atoms with van der Waals surface area (Å²) in [6, 6.07) is 6.18. The van der Waals surface area contributed by atoms with Crippen LogP contribution in [0.2, 0.25) is 0 Å². The molecular weight excluding hydrogens is 313 g/mol. The third-order valence-electron chi connectivity index (χ3n) is 3.35. The lowest BCUT2D eigenvalue weighted by molar-refractivity contribution is 0.775. The van der Waals surface area contributed by atoms with Crippen LogP contribution in [0.15, 0.2) is 18.2 Å². The van der Waals surface area contributed by atoms with Crippen molar-refractivity contribution < 1.29 is 0 Å². The predicted octanol–water partition coefficient (Wildman–Crippen LogP) is 4.29. The van der Waals surface area contributed by atoms with Crippen LogP contribution in [-0.2, 0) is 6.42 Å². The summed E-state index contributed by atoms with van der Waals surface area (Å²) in [5.41, 5.74) is 10.3. The number of hydrogen-bond acceptors (Lipinski definition) is 4. The van der Waals surface area contributed by atoms with Crippen molar-refractivity contribution in [1.29, 1.82) is 0 Å². The van der Waals surface area contributed by atoms with Crippen molar-refractivity contribution >= 4 is 46.8 Å². The van der Waals surface area contributed by atoms with E-state index in [1.54, 1.807) is 11.3 Å². The number of anilines is 2. The molecule has 110 valence electrons. The second kappa shape index (κ2) is 7.16. The first-order chi connectivity index (χ1) is 8.74. The van der Waals surface area contributed by atoms with Gasteiger partial charge in [-0.3, -0.25) is 0 Å². The first-order valence-corrected chi connectivity index (χ1v) is 7.16. The third kappa shape index (κ3) is 3.37. The van der Waals surface area contributed by atoms with Gasteiger partial charge in [0.2, 0.25) is 0 Å². The van der Waals surface area contributed by atoms with E-state index in [-0.39, 0.29) is 24.8 Å². The van der Waals surface area contributed by atoms with Gasteiger partial charge in [0.15, 0.2) is 0 Å². The summed E-state index contributed by atoms with van der Waals surface area (Å²) in [5, 5.41) is 5.77. The van der Waals surface area contributed by atoms with Gasteiger partial charge in [0.25, 0.3) is 0 Å². The van der Waals surface area contributed by atoms with Crippen LogP contribution < -0.4 is 11.1 Å². The maximum absolute atomic E-state index is 5.97. The van der Waals surface area contributed by atoms with Gasteiger partial charge in [0, 0.05) is 17.8 Å². The lowest BCUT2D eigenvalue weighted by atomic mass is 10.1. The number of halogens is 2. The van der Waals surface area contributed by atoms with Crippen LogP contribution in [-0.4, -0.2) is 11.5 Å². The molecule has 0 bridgehead atoms. The number of hydrogen-bond donors (Lipinski definition) is 2. The molecule has 0 unspecified atom stereocenters. The van der Waals surface area contributed by atoms with E-state index in [9.17, 15) is 0 Å². The average molecular weight is 332 g/mol. The van der Waals surface area contributed by atoms with Gasteiger partial charge < -0.3 is 11.1 Å². The Kier molecular flexibility index (Phi) is 6.11. The maximum atomic E-state index is 5.97. The number of benzene rings is 1. The molecule has 0 fully saturated rings. The van der Waals surface area contributed by atoms with Crippen LogP contribution in [0.4, 0.5) is 10.7 Å². The summed E-state index contributed by atoms with van der Waals surface area (Å²) in [6.07, 6.45) is 3.54. The second-order valence-corrected chi connectivity index (χ2v) is 5.75. The Morgan fingerprint density at radius 1 is 1.25 bits per heavy atom. The van der Waals surface area contributed by atoms with Gasteiger partial charge in [0.05, 0.1) is 5.69 Å². The highest BCUT2D eigenvalue weighted by Gasteiger charge is 2.14. The highest BCUT2D eigenvalue weighted by atomic mass is 35.5. The van der Waals surface area contributed by atoms with E-state index in [1.165, 1.54) is 23.5 Å². The molecule has 3 rings (SSSR count). The lowest BCUT2D eigenvalue weighted by Crippen LogP contribution is -1.96. The molecule has 0 radical (unpaired) electrons. The molecule has 0 atom stereocenters. The summed E-state index contributed by atoms with van der Waals surface area (Å²) in [5.74, 6) is 0. The van der Waals surface area contributed by atoms with Crippen LogP contribution in [0.25, 0.3) is 10.6 Å². The van der Waals surface area contributed by atoms with E-state index < -0.39 is 0 Å². The van der Waals surface area contributed by atoms with E-state index in [1.807, 2.05) is 13.0 Å². The van der Waals surface area contributed by atoms with Crippen molar-refractivity contribution in [1.82, 2.24) is 4.98 Å². The fraction of sp³-hybridized carbons (Fsp3) is 0.357. The van der Waals surface area contributed by atoms with Crippen LogP contribution >= 0.6 is 36.2 Å². The molecule has 3 nitrogen and oxygen atoms in total. The fourth-order valence-electron chi connectivity index (χ4n) is 2.18. The molecule has 1 aromatic heterocycles. The van der Waals surface area contributed by atoms with Gasteiger partial charge in [-0.25, -0.2) is 4.98 Å². The highest BCUT2D eigenvalue weighted by molar-refractivity contribution is 7.19. The van der Waals surface area contributed by atoms with Gasteiger partial charge in [-0.15, -0.1) is 24.8 Å². The topological polar surface area (TPSA) is 50.9 Å². The molecule has 2 heterocycles. The number of aryl methyl sites for hydroxylation is 2. The van der Waals surface area contributed by atoms with E-state index >= 15 is 0 Å². The first-order valence-electron chi connectivity index (χ1n) is 6.34. The van der Waals surface area contributed by atoms with Crippen molar-refractivity contribution in [3.63, 3.8) is 0 Å². The minimum atomic E-state index is 0. The second-order valence-electron chi connectivity index (χ2n) is 4.75. The molecule has 3 N–H and O–H groups in total. The number of nitrogen functional groups attached to an aromatic ring is 1. The molecule has 0 amide bonds. The molecule has 1 aliphatic rings. The van der Waals surface area contributed by atoms with Crippen LogP contribution in [0.1, 0.15) is 24.1 Å². The van der Waals surface area contributed by atoms with Crippen molar-refractivity contribution in [2.24, 2.45) is 0 Å². The molecule has 1 aliphatic heterocycles. The molecule has 2 aromatic rings. The van der Waals surface area contributed by atoms with Crippen LogP contribution in [0.3, 0.4) is 0 Å². The Labute approximate surface area is 135 Å². The summed E-state index contributed by atoms with van der Waals surface area (Å²) >= 11 is 1.74. The summed E-state index contributed by atoms with van der Waals surface area (Å²) in [4.78, 5) is 4.75. The largest absolute Gasteiger partial charge is 0.398 e. The van der Waals surface area contributed by atoms with Crippen molar-refractivity contribution in [2.45, 2.75) is 26.2 Å². The SMILES string of the molecule is Cc1ccc(-c2nc3c(s2)NCCCC3)cc1N.Cl.Cl. The molecule has 0 saturated carbocycles. The predicted molar refractivity (Wildman–Crippen MR) is 92.6 cm³/mol. The minimum Gasteiger partial charge on any atom is -0.398 e. The Bertz CT molecular complexity index is 560. The molecule has 0 aliphatic carbocycles. The zero-order valence-corrected chi connectivity index (χ0v) is 13.8. The Balaban J connectivity index is 0.000001000. The number of aromatic nitrogens is 1. The van der Waals surface area contributed by atoms with Gasteiger partial charge in [-0.2, -0.15) is 0 Å².